The largest absolute Gasteiger partial charge is 0.477 e. The maximum absolute atomic E-state index is 15.4. The first-order chi connectivity index (χ1) is 22.8. The number of carbonyl (C=O) groups is 2. The molecule has 0 unspecified atom stereocenters. The second kappa shape index (κ2) is 13.2. The van der Waals surface area contributed by atoms with Crippen LogP contribution >= 0.6 is 26.8 Å². The average molecular weight is 747 g/mol. The number of aromatic nitrogens is 2. The molecule has 0 atom stereocenters. The zero-order valence-electron chi connectivity index (χ0n) is 24.5. The van der Waals surface area contributed by atoms with Crippen molar-refractivity contribution in [3.63, 3.8) is 0 Å². The highest BCUT2D eigenvalue weighted by atomic mass is 35.5. The van der Waals surface area contributed by atoms with Gasteiger partial charge in [-0.2, -0.15) is 0 Å². The third kappa shape index (κ3) is 7.35. The maximum Gasteiger partial charge on any atom is 0.341 e. The summed E-state index contributed by atoms with van der Waals surface area (Å²) in [5.74, 6) is -7.49. The highest BCUT2D eigenvalue weighted by Crippen LogP contribution is 2.60. The molecule has 0 bridgehead atoms. The summed E-state index contributed by atoms with van der Waals surface area (Å²) < 4.78 is 73.4. The van der Waals surface area contributed by atoms with Crippen LogP contribution in [0, 0.1) is 17.5 Å². The van der Waals surface area contributed by atoms with E-state index in [4.69, 9.17) is 22.1 Å². The number of anilines is 2. The standard InChI is InChI=1S/C28H24ClF3N4O11P2/c29-22-23-15(25(38)16(28(39)40)11-36(23)27-19(32)8-18(31)26(33)34-27)7-17(30)24(22)35-9-14(10-35)47-20(37)5-12-1-3-13(4-2-12)6-21(48(41,42)43)49(44,45)46/h1-4,7-8,11,14,21H,5-6,9-10H2,(H2,33,34)(H,39,40)(H2,41,42,43)(H2,44,45,46). The molecule has 1 aliphatic rings. The number of nitrogen functional groups attached to an aromatic ring is 1. The summed E-state index contributed by atoms with van der Waals surface area (Å²) in [6, 6.07) is 6.60. The van der Waals surface area contributed by atoms with Gasteiger partial charge in [0.2, 0.25) is 5.43 Å². The van der Waals surface area contributed by atoms with Gasteiger partial charge in [0, 0.05) is 12.3 Å². The van der Waals surface area contributed by atoms with Crippen LogP contribution in [-0.2, 0) is 31.5 Å². The molecule has 260 valence electrons. The van der Waals surface area contributed by atoms with E-state index >= 15 is 4.39 Å². The highest BCUT2D eigenvalue weighted by molar-refractivity contribution is 7.70. The summed E-state index contributed by atoms with van der Waals surface area (Å²) in [5.41, 5.74) is 3.39. The summed E-state index contributed by atoms with van der Waals surface area (Å²) in [6.07, 6.45) is -0.951. The van der Waals surface area contributed by atoms with Crippen LogP contribution in [0.4, 0.5) is 24.7 Å². The number of hydrogen-bond acceptors (Lipinski definition) is 9. The molecule has 3 heterocycles. The Morgan fingerprint density at radius 2 is 1.59 bits per heavy atom. The van der Waals surface area contributed by atoms with Crippen molar-refractivity contribution in [2.75, 3.05) is 23.7 Å². The zero-order chi connectivity index (χ0) is 36.2. The number of ether oxygens (including phenoxy) is 1. The van der Waals surface area contributed by atoms with Crippen molar-refractivity contribution < 1.29 is 61.3 Å². The van der Waals surface area contributed by atoms with E-state index in [1.54, 1.807) is 0 Å². The van der Waals surface area contributed by atoms with Gasteiger partial charge >= 0.3 is 27.1 Å². The fraction of sp³-hybridized carbons (Fsp3) is 0.214. The van der Waals surface area contributed by atoms with Crippen LogP contribution in [0.1, 0.15) is 21.5 Å². The number of pyridine rings is 2. The number of rotatable bonds is 10. The minimum absolute atomic E-state index is 0.0908. The fourth-order valence-electron chi connectivity index (χ4n) is 5.18. The lowest BCUT2D eigenvalue weighted by molar-refractivity contribution is -0.149. The van der Waals surface area contributed by atoms with Crippen molar-refractivity contribution in [3.8, 4) is 5.82 Å². The quantitative estimate of drug-likeness (QED) is 0.101. The van der Waals surface area contributed by atoms with Gasteiger partial charge in [0.05, 0.1) is 41.1 Å². The Balaban J connectivity index is 1.34. The van der Waals surface area contributed by atoms with Crippen LogP contribution in [0.2, 0.25) is 5.02 Å². The molecular formula is C28H24ClF3N4O11P2. The number of esters is 1. The number of halogens is 4. The number of carboxylic acids is 1. The zero-order valence-corrected chi connectivity index (χ0v) is 27.1. The predicted octanol–water partition coefficient (Wildman–Crippen LogP) is 2.94. The molecule has 2 aromatic heterocycles. The summed E-state index contributed by atoms with van der Waals surface area (Å²) in [6.45, 7) is -0.182. The first-order valence-electron chi connectivity index (χ1n) is 13.8. The second-order valence-corrected chi connectivity index (χ2v) is 15.4. The van der Waals surface area contributed by atoms with E-state index in [1.807, 2.05) is 0 Å². The minimum Gasteiger partial charge on any atom is -0.477 e. The molecule has 49 heavy (non-hydrogen) atoms. The van der Waals surface area contributed by atoms with E-state index in [2.05, 4.69) is 4.98 Å². The molecule has 21 heteroatoms. The van der Waals surface area contributed by atoms with Crippen LogP contribution in [0.3, 0.4) is 0 Å². The maximum atomic E-state index is 15.4. The third-order valence-electron chi connectivity index (χ3n) is 7.58. The lowest BCUT2D eigenvalue weighted by atomic mass is 10.1. The molecule has 1 aliphatic heterocycles. The van der Waals surface area contributed by atoms with Crippen molar-refractivity contribution in [2.24, 2.45) is 0 Å². The van der Waals surface area contributed by atoms with Gasteiger partial charge in [-0.3, -0.25) is 23.3 Å². The number of aromatic carboxylic acids is 1. The van der Waals surface area contributed by atoms with E-state index < -0.39 is 95.5 Å². The van der Waals surface area contributed by atoms with Gasteiger partial charge in [-0.15, -0.1) is 0 Å². The van der Waals surface area contributed by atoms with Crippen LogP contribution in [-0.4, -0.2) is 70.8 Å². The predicted molar refractivity (Wildman–Crippen MR) is 167 cm³/mol. The highest BCUT2D eigenvalue weighted by Gasteiger charge is 2.43. The van der Waals surface area contributed by atoms with Gasteiger partial charge in [0.15, 0.2) is 28.7 Å². The third-order valence-corrected chi connectivity index (χ3v) is 11.7. The Hall–Kier alpha value is -4.28. The lowest BCUT2D eigenvalue weighted by Gasteiger charge is -2.40. The van der Waals surface area contributed by atoms with Crippen LogP contribution in [0.5, 0.6) is 0 Å². The summed E-state index contributed by atoms with van der Waals surface area (Å²) in [7, 11) is -10.3. The van der Waals surface area contributed by atoms with E-state index in [0.29, 0.717) is 23.9 Å². The average Bonchev–Trinajstić information content (AvgIpc) is 2.96. The van der Waals surface area contributed by atoms with Gasteiger partial charge in [-0.1, -0.05) is 35.9 Å². The van der Waals surface area contributed by atoms with Gasteiger partial charge in [-0.25, -0.2) is 22.9 Å². The topological polar surface area (TPSA) is 243 Å². The Morgan fingerprint density at radius 1 is 1.00 bits per heavy atom. The van der Waals surface area contributed by atoms with Crippen LogP contribution < -0.4 is 16.1 Å². The van der Waals surface area contributed by atoms with Crippen LogP contribution in [0.25, 0.3) is 16.7 Å². The number of nitrogens with two attached hydrogens (primary N) is 1. The van der Waals surface area contributed by atoms with Gasteiger partial charge < -0.3 is 40.1 Å². The van der Waals surface area contributed by atoms with Crippen LogP contribution in [0.15, 0.2) is 47.4 Å². The number of benzene rings is 2. The molecule has 4 aromatic rings. The molecule has 0 amide bonds. The number of nitrogens with zero attached hydrogens (tertiary/aromatic N) is 3. The normalized spacial score (nSPS) is 13.9. The minimum atomic E-state index is -5.13. The molecule has 15 nitrogen and oxygen atoms in total. The first kappa shape index (κ1) is 36.0. The smallest absolute Gasteiger partial charge is 0.341 e. The van der Waals surface area contributed by atoms with E-state index in [0.717, 1.165) is 4.57 Å². The van der Waals surface area contributed by atoms with Gasteiger partial charge in [-0.05, 0) is 23.6 Å². The molecule has 7 N–H and O–H groups in total. The molecule has 0 radical (unpaired) electrons. The fourth-order valence-corrected chi connectivity index (χ4v) is 8.05. The lowest BCUT2D eigenvalue weighted by Crippen LogP contribution is -2.53. The number of carbonyl (C=O) groups excluding carboxylic acids is 1. The van der Waals surface area contributed by atoms with Crippen molar-refractivity contribution >= 4 is 61.1 Å². The molecular weight excluding hydrogens is 723 g/mol. The molecule has 2 aromatic carbocycles. The first-order valence-corrected chi connectivity index (χ1v) is 17.6. The Bertz CT molecular complexity index is 2150. The summed E-state index contributed by atoms with van der Waals surface area (Å²) in [4.78, 5) is 79.5. The Labute approximate surface area is 277 Å². The molecule has 0 aliphatic carbocycles. The van der Waals surface area contributed by atoms with Gasteiger partial charge in [0.1, 0.15) is 17.5 Å². The number of fused-ring (bicyclic) bond motifs is 1. The number of carboxylic acid groups (broad SMARTS) is 1. The van der Waals surface area contributed by atoms with Crippen molar-refractivity contribution in [1.29, 1.82) is 0 Å². The summed E-state index contributed by atoms with van der Waals surface area (Å²) in [5, 5.41) is 6.30. The molecule has 5 rings (SSSR count). The van der Waals surface area contributed by atoms with Crippen molar-refractivity contribution in [2.45, 2.75) is 24.3 Å². The van der Waals surface area contributed by atoms with Crippen molar-refractivity contribution in [3.05, 3.63) is 92.0 Å². The Kier molecular flexibility index (Phi) is 9.71. The summed E-state index contributed by atoms with van der Waals surface area (Å²) >= 11 is 6.55. The second-order valence-electron chi connectivity index (χ2n) is 11.0. The molecule has 1 saturated heterocycles. The SMILES string of the molecule is Nc1nc(-n2cc(C(=O)O)c(=O)c3cc(F)c(N4CC(OC(=O)Cc5ccc(CC(P(=O)(O)O)P(=O)(O)O)cc5)C4)c(Cl)c32)c(F)cc1F. The van der Waals surface area contributed by atoms with Crippen molar-refractivity contribution in [1.82, 2.24) is 9.55 Å². The van der Waals surface area contributed by atoms with E-state index in [9.17, 15) is 57.0 Å². The Morgan fingerprint density at radius 3 is 2.16 bits per heavy atom. The monoisotopic (exact) mass is 746 g/mol. The molecule has 0 saturated carbocycles. The van der Waals surface area contributed by atoms with E-state index in [1.165, 1.54) is 29.2 Å². The van der Waals surface area contributed by atoms with E-state index in [-0.39, 0.29) is 36.3 Å². The molecule has 1 fully saturated rings. The number of hydrogen-bond donors (Lipinski definition) is 6. The molecule has 0 spiro atoms. The van der Waals surface area contributed by atoms with Gasteiger partial charge in [0.25, 0.3) is 0 Å².